The summed E-state index contributed by atoms with van der Waals surface area (Å²) in [7, 11) is 0. The van der Waals surface area contributed by atoms with Crippen molar-refractivity contribution in [3.8, 4) is 0 Å². The van der Waals surface area contributed by atoms with E-state index in [0.29, 0.717) is 12.5 Å². The van der Waals surface area contributed by atoms with E-state index in [1.807, 2.05) is 55.1 Å². The van der Waals surface area contributed by atoms with Crippen LogP contribution in [0, 0.1) is 0 Å². The van der Waals surface area contributed by atoms with Gasteiger partial charge in [0, 0.05) is 18.2 Å². The average Bonchev–Trinajstić information content (AvgIpc) is 3.53. The molecule has 2 aromatic carbocycles. The standard InChI is InChI=1S/C23H26N4OS/c1-3-26(20-12-8-5-9-13-20)22(28)17(2)29-23-25-24-21(19-14-15-19)27(23)16-18-10-6-4-7-11-18/h4-13,17,19H,3,14-16H2,1-2H3/t17-/m1/s1. The summed E-state index contributed by atoms with van der Waals surface area (Å²) in [6.07, 6.45) is 2.34. The maximum Gasteiger partial charge on any atom is 0.240 e. The molecular weight excluding hydrogens is 380 g/mol. The molecule has 0 radical (unpaired) electrons. The van der Waals surface area contributed by atoms with Crippen LogP contribution in [0.2, 0.25) is 0 Å². The molecule has 5 nitrogen and oxygen atoms in total. The fourth-order valence-corrected chi connectivity index (χ4v) is 4.36. The zero-order chi connectivity index (χ0) is 20.2. The van der Waals surface area contributed by atoms with E-state index in [1.54, 1.807) is 0 Å². The molecule has 3 aromatic rings. The molecule has 1 saturated carbocycles. The number of anilines is 1. The van der Waals surface area contributed by atoms with Gasteiger partial charge in [0.25, 0.3) is 0 Å². The summed E-state index contributed by atoms with van der Waals surface area (Å²) < 4.78 is 2.19. The number of hydrogen-bond donors (Lipinski definition) is 0. The summed E-state index contributed by atoms with van der Waals surface area (Å²) in [4.78, 5) is 15.0. The Morgan fingerprint density at radius 1 is 1.10 bits per heavy atom. The van der Waals surface area contributed by atoms with E-state index >= 15 is 0 Å². The highest BCUT2D eigenvalue weighted by molar-refractivity contribution is 8.00. The number of amides is 1. The molecule has 1 amide bonds. The molecular formula is C23H26N4OS. The highest BCUT2D eigenvalue weighted by atomic mass is 32.2. The van der Waals surface area contributed by atoms with Crippen LogP contribution in [-0.2, 0) is 11.3 Å². The van der Waals surface area contributed by atoms with Crippen molar-refractivity contribution in [1.29, 1.82) is 0 Å². The first-order valence-electron chi connectivity index (χ1n) is 10.2. The van der Waals surface area contributed by atoms with Crippen LogP contribution < -0.4 is 4.90 Å². The average molecular weight is 407 g/mol. The van der Waals surface area contributed by atoms with Gasteiger partial charge in [-0.2, -0.15) is 0 Å². The van der Waals surface area contributed by atoms with Crippen LogP contribution in [-0.4, -0.2) is 32.5 Å². The Labute approximate surface area is 176 Å². The quantitative estimate of drug-likeness (QED) is 0.507. The van der Waals surface area contributed by atoms with Crippen LogP contribution in [0.15, 0.2) is 65.8 Å². The van der Waals surface area contributed by atoms with E-state index in [-0.39, 0.29) is 11.2 Å². The molecule has 1 atom stereocenters. The van der Waals surface area contributed by atoms with Crippen molar-refractivity contribution in [3.05, 3.63) is 72.1 Å². The number of carbonyl (C=O) groups is 1. The molecule has 0 spiro atoms. The maximum absolute atomic E-state index is 13.1. The van der Waals surface area contributed by atoms with Crippen molar-refractivity contribution in [2.75, 3.05) is 11.4 Å². The second-order valence-corrected chi connectivity index (χ2v) is 8.67. The molecule has 29 heavy (non-hydrogen) atoms. The number of rotatable bonds is 8. The molecule has 0 saturated heterocycles. The zero-order valence-corrected chi connectivity index (χ0v) is 17.7. The first-order valence-corrected chi connectivity index (χ1v) is 11.1. The lowest BCUT2D eigenvalue weighted by Gasteiger charge is -2.24. The number of benzene rings is 2. The van der Waals surface area contributed by atoms with Crippen LogP contribution in [0.4, 0.5) is 5.69 Å². The van der Waals surface area contributed by atoms with Crippen molar-refractivity contribution < 1.29 is 4.79 Å². The number of aromatic nitrogens is 3. The van der Waals surface area contributed by atoms with Gasteiger partial charge >= 0.3 is 0 Å². The number of carbonyl (C=O) groups excluding carboxylic acids is 1. The predicted molar refractivity (Wildman–Crippen MR) is 117 cm³/mol. The van der Waals surface area contributed by atoms with Crippen LogP contribution >= 0.6 is 11.8 Å². The second-order valence-electron chi connectivity index (χ2n) is 7.36. The predicted octanol–water partition coefficient (Wildman–Crippen LogP) is 4.74. The Kier molecular flexibility index (Phi) is 6.00. The van der Waals surface area contributed by atoms with E-state index in [4.69, 9.17) is 0 Å². The first-order chi connectivity index (χ1) is 14.2. The third-order valence-corrected chi connectivity index (χ3v) is 6.22. The second kappa shape index (κ2) is 8.82. The van der Waals surface area contributed by atoms with Crippen molar-refractivity contribution in [1.82, 2.24) is 14.8 Å². The number of para-hydroxylation sites is 1. The topological polar surface area (TPSA) is 51.0 Å². The van der Waals surface area contributed by atoms with E-state index in [0.717, 1.165) is 23.2 Å². The molecule has 1 fully saturated rings. The van der Waals surface area contributed by atoms with Crippen molar-refractivity contribution in [2.24, 2.45) is 0 Å². The van der Waals surface area contributed by atoms with Gasteiger partial charge < -0.3 is 9.47 Å². The molecule has 1 heterocycles. The van der Waals surface area contributed by atoms with Crippen molar-refractivity contribution in [2.45, 2.75) is 49.6 Å². The largest absolute Gasteiger partial charge is 0.312 e. The Morgan fingerprint density at radius 2 is 1.76 bits per heavy atom. The van der Waals surface area contributed by atoms with Gasteiger partial charge in [0.1, 0.15) is 5.82 Å². The molecule has 0 aliphatic heterocycles. The van der Waals surface area contributed by atoms with Gasteiger partial charge in [0.15, 0.2) is 5.16 Å². The minimum absolute atomic E-state index is 0.0888. The molecule has 1 aliphatic carbocycles. The van der Waals surface area contributed by atoms with Gasteiger partial charge in [-0.05, 0) is 44.4 Å². The summed E-state index contributed by atoms with van der Waals surface area (Å²) >= 11 is 1.50. The van der Waals surface area contributed by atoms with E-state index in [1.165, 1.54) is 30.2 Å². The van der Waals surface area contributed by atoms with Gasteiger partial charge in [-0.25, -0.2) is 0 Å². The van der Waals surface area contributed by atoms with Gasteiger partial charge in [0.2, 0.25) is 5.91 Å². The molecule has 1 aliphatic rings. The smallest absolute Gasteiger partial charge is 0.240 e. The van der Waals surface area contributed by atoms with E-state index in [9.17, 15) is 4.79 Å². The lowest BCUT2D eigenvalue weighted by molar-refractivity contribution is -0.117. The maximum atomic E-state index is 13.1. The Hall–Kier alpha value is -2.60. The van der Waals surface area contributed by atoms with E-state index < -0.39 is 0 Å². The molecule has 150 valence electrons. The van der Waals surface area contributed by atoms with Gasteiger partial charge in [-0.15, -0.1) is 10.2 Å². The lowest BCUT2D eigenvalue weighted by atomic mass is 10.2. The first kappa shape index (κ1) is 19.7. The van der Waals surface area contributed by atoms with Gasteiger partial charge in [-0.1, -0.05) is 60.3 Å². The SMILES string of the molecule is CCN(C(=O)[C@@H](C)Sc1nnc(C2CC2)n1Cc1ccccc1)c1ccccc1. The summed E-state index contributed by atoms with van der Waals surface area (Å²) in [6, 6.07) is 20.2. The number of thioether (sulfide) groups is 1. The molecule has 0 N–H and O–H groups in total. The van der Waals surface area contributed by atoms with Crippen molar-refractivity contribution >= 4 is 23.4 Å². The monoisotopic (exact) mass is 406 g/mol. The minimum Gasteiger partial charge on any atom is -0.312 e. The number of hydrogen-bond acceptors (Lipinski definition) is 4. The highest BCUT2D eigenvalue weighted by Gasteiger charge is 2.32. The zero-order valence-electron chi connectivity index (χ0n) is 16.9. The molecule has 6 heteroatoms. The third-order valence-electron chi connectivity index (χ3n) is 5.15. The normalized spacial score (nSPS) is 14.6. The summed E-state index contributed by atoms with van der Waals surface area (Å²) in [5.74, 6) is 1.64. The van der Waals surface area contributed by atoms with Crippen LogP contribution in [0.3, 0.4) is 0 Å². The van der Waals surface area contributed by atoms with Gasteiger partial charge in [-0.3, -0.25) is 4.79 Å². The van der Waals surface area contributed by atoms with Crippen LogP contribution in [0.5, 0.6) is 0 Å². The summed E-state index contributed by atoms with van der Waals surface area (Å²) in [6.45, 7) is 5.33. The summed E-state index contributed by atoms with van der Waals surface area (Å²) in [5, 5.41) is 9.51. The summed E-state index contributed by atoms with van der Waals surface area (Å²) in [5.41, 5.74) is 2.14. The number of nitrogens with zero attached hydrogens (tertiary/aromatic N) is 4. The van der Waals surface area contributed by atoms with Crippen LogP contribution in [0.25, 0.3) is 0 Å². The Morgan fingerprint density at radius 3 is 2.38 bits per heavy atom. The van der Waals surface area contributed by atoms with E-state index in [2.05, 4.69) is 39.0 Å². The molecule has 1 aromatic heterocycles. The lowest BCUT2D eigenvalue weighted by Crippen LogP contribution is -2.36. The minimum atomic E-state index is -0.249. The molecule has 4 rings (SSSR count). The van der Waals surface area contributed by atoms with Crippen molar-refractivity contribution in [3.63, 3.8) is 0 Å². The fourth-order valence-electron chi connectivity index (χ4n) is 3.45. The van der Waals surface area contributed by atoms with Gasteiger partial charge in [0.05, 0.1) is 11.8 Å². The Balaban J connectivity index is 1.54. The fraction of sp³-hybridized carbons (Fsp3) is 0.348. The Bertz CT molecular complexity index is 954. The van der Waals surface area contributed by atoms with Crippen LogP contribution in [0.1, 0.15) is 44.0 Å². The molecule has 0 unspecified atom stereocenters. The third kappa shape index (κ3) is 4.53. The highest BCUT2D eigenvalue weighted by Crippen LogP contribution is 2.40. The molecule has 0 bridgehead atoms.